The molecule has 0 bridgehead atoms. The van der Waals surface area contributed by atoms with E-state index in [-0.39, 0.29) is 11.9 Å². The summed E-state index contributed by atoms with van der Waals surface area (Å²) < 4.78 is 5.21. The molecule has 19 heavy (non-hydrogen) atoms. The number of urea groups is 1. The normalized spacial score (nSPS) is 15.4. The highest BCUT2D eigenvalue weighted by Crippen LogP contribution is 2.19. The standard InChI is InChI=1S/C14H18N2O3/c1-10-9-11(3-4-12(10)19-2)5-7-16-8-6-13(17)15-14(16)18/h3-4,9H,5-8H2,1-2H3,(H,15,17,18). The van der Waals surface area contributed by atoms with Crippen LogP contribution in [0, 0.1) is 6.92 Å². The van der Waals surface area contributed by atoms with E-state index < -0.39 is 0 Å². The maximum Gasteiger partial charge on any atom is 0.324 e. The first kappa shape index (κ1) is 13.4. The largest absolute Gasteiger partial charge is 0.496 e. The number of ether oxygens (including phenoxy) is 1. The maximum absolute atomic E-state index is 11.6. The molecule has 1 N–H and O–H groups in total. The number of carbonyl (C=O) groups excluding carboxylic acids is 2. The zero-order valence-electron chi connectivity index (χ0n) is 11.2. The van der Waals surface area contributed by atoms with E-state index in [0.29, 0.717) is 19.5 Å². The lowest BCUT2D eigenvalue weighted by atomic mass is 10.1. The molecular weight excluding hydrogens is 244 g/mol. The van der Waals surface area contributed by atoms with E-state index in [1.165, 1.54) is 0 Å². The number of hydrogen-bond acceptors (Lipinski definition) is 3. The highest BCUT2D eigenvalue weighted by molar-refractivity contribution is 5.96. The molecule has 1 heterocycles. The molecule has 0 atom stereocenters. The second-order valence-electron chi connectivity index (χ2n) is 4.64. The Morgan fingerprint density at radius 2 is 2.16 bits per heavy atom. The summed E-state index contributed by atoms with van der Waals surface area (Å²) in [6, 6.07) is 5.70. The summed E-state index contributed by atoms with van der Waals surface area (Å²) in [5, 5.41) is 2.32. The van der Waals surface area contributed by atoms with Crippen LogP contribution in [0.3, 0.4) is 0 Å². The van der Waals surface area contributed by atoms with E-state index >= 15 is 0 Å². The Bertz CT molecular complexity index is 499. The third-order valence-electron chi connectivity index (χ3n) is 3.27. The lowest BCUT2D eigenvalue weighted by molar-refractivity contribution is -0.121. The molecule has 0 radical (unpaired) electrons. The van der Waals surface area contributed by atoms with Crippen LogP contribution in [0.15, 0.2) is 18.2 Å². The molecule has 1 saturated heterocycles. The Morgan fingerprint density at radius 1 is 1.37 bits per heavy atom. The third kappa shape index (κ3) is 3.24. The molecule has 0 aromatic heterocycles. The highest BCUT2D eigenvalue weighted by atomic mass is 16.5. The van der Waals surface area contributed by atoms with Crippen LogP contribution < -0.4 is 10.1 Å². The Kier molecular flexibility index (Phi) is 4.04. The summed E-state index contributed by atoms with van der Waals surface area (Å²) in [6.07, 6.45) is 1.15. The van der Waals surface area contributed by atoms with Crippen molar-refractivity contribution in [3.63, 3.8) is 0 Å². The van der Waals surface area contributed by atoms with Gasteiger partial charge in [-0.15, -0.1) is 0 Å². The summed E-state index contributed by atoms with van der Waals surface area (Å²) in [4.78, 5) is 24.3. The van der Waals surface area contributed by atoms with E-state index in [4.69, 9.17) is 4.74 Å². The van der Waals surface area contributed by atoms with Gasteiger partial charge in [0, 0.05) is 19.5 Å². The summed E-state index contributed by atoms with van der Waals surface area (Å²) in [5.74, 6) is 0.673. The SMILES string of the molecule is COc1ccc(CCN2CCC(=O)NC2=O)cc1C. The van der Waals surface area contributed by atoms with Crippen molar-refractivity contribution in [1.82, 2.24) is 10.2 Å². The molecule has 102 valence electrons. The number of amides is 3. The highest BCUT2D eigenvalue weighted by Gasteiger charge is 2.22. The molecule has 0 spiro atoms. The number of nitrogens with one attached hydrogen (secondary N) is 1. The first-order chi connectivity index (χ1) is 9.10. The molecule has 2 rings (SSSR count). The zero-order valence-corrected chi connectivity index (χ0v) is 11.2. The van der Waals surface area contributed by atoms with Gasteiger partial charge >= 0.3 is 6.03 Å². The van der Waals surface area contributed by atoms with Crippen LogP contribution >= 0.6 is 0 Å². The van der Waals surface area contributed by atoms with Gasteiger partial charge in [-0.3, -0.25) is 10.1 Å². The number of rotatable bonds is 4. The molecule has 1 aliphatic rings. The Balaban J connectivity index is 1.93. The van der Waals surface area contributed by atoms with Gasteiger partial charge in [0.05, 0.1) is 7.11 Å². The molecule has 0 saturated carbocycles. The summed E-state index contributed by atoms with van der Waals surface area (Å²) in [6.45, 7) is 3.11. The Hall–Kier alpha value is -2.04. The smallest absolute Gasteiger partial charge is 0.324 e. The molecule has 0 aliphatic carbocycles. The van der Waals surface area contributed by atoms with Gasteiger partial charge in [-0.1, -0.05) is 12.1 Å². The molecular formula is C14H18N2O3. The summed E-state index contributed by atoms with van der Waals surface area (Å²) in [7, 11) is 1.65. The van der Waals surface area contributed by atoms with Crippen LogP contribution in [0.25, 0.3) is 0 Å². The quantitative estimate of drug-likeness (QED) is 0.894. The number of aryl methyl sites for hydroxylation is 1. The van der Waals surface area contributed by atoms with Crippen molar-refractivity contribution < 1.29 is 14.3 Å². The molecule has 0 unspecified atom stereocenters. The van der Waals surface area contributed by atoms with E-state index in [1.54, 1.807) is 12.0 Å². The fourth-order valence-corrected chi connectivity index (χ4v) is 2.17. The van der Waals surface area contributed by atoms with Gasteiger partial charge in [0.2, 0.25) is 5.91 Å². The van der Waals surface area contributed by atoms with Crippen molar-refractivity contribution >= 4 is 11.9 Å². The van der Waals surface area contributed by atoms with Crippen LogP contribution in [0.1, 0.15) is 17.5 Å². The Morgan fingerprint density at radius 3 is 2.79 bits per heavy atom. The number of benzene rings is 1. The van der Waals surface area contributed by atoms with Crippen molar-refractivity contribution in [2.24, 2.45) is 0 Å². The minimum atomic E-state index is -0.290. The van der Waals surface area contributed by atoms with Crippen LogP contribution in [0.4, 0.5) is 4.79 Å². The van der Waals surface area contributed by atoms with Crippen molar-refractivity contribution in [3.05, 3.63) is 29.3 Å². The number of nitrogens with zero attached hydrogens (tertiary/aromatic N) is 1. The molecule has 1 aromatic rings. The number of carbonyl (C=O) groups is 2. The molecule has 1 fully saturated rings. The minimum Gasteiger partial charge on any atom is -0.496 e. The molecule has 1 aliphatic heterocycles. The number of hydrogen-bond donors (Lipinski definition) is 1. The predicted octanol–water partition coefficient (Wildman–Crippen LogP) is 1.49. The van der Waals surface area contributed by atoms with Gasteiger partial charge in [-0.2, -0.15) is 0 Å². The predicted molar refractivity (Wildman–Crippen MR) is 71.2 cm³/mol. The van der Waals surface area contributed by atoms with E-state index in [2.05, 4.69) is 11.4 Å². The fourth-order valence-electron chi connectivity index (χ4n) is 2.17. The van der Waals surface area contributed by atoms with Crippen LogP contribution in [-0.2, 0) is 11.2 Å². The second-order valence-corrected chi connectivity index (χ2v) is 4.64. The van der Waals surface area contributed by atoms with Gasteiger partial charge in [-0.05, 0) is 30.5 Å². The second kappa shape index (κ2) is 5.73. The van der Waals surface area contributed by atoms with Crippen LogP contribution in [0.5, 0.6) is 5.75 Å². The minimum absolute atomic E-state index is 0.193. The van der Waals surface area contributed by atoms with Crippen molar-refractivity contribution in [2.75, 3.05) is 20.2 Å². The van der Waals surface area contributed by atoms with Gasteiger partial charge in [0.25, 0.3) is 0 Å². The van der Waals surface area contributed by atoms with E-state index in [1.807, 2.05) is 19.1 Å². The average molecular weight is 262 g/mol. The summed E-state index contributed by atoms with van der Waals surface area (Å²) >= 11 is 0. The monoisotopic (exact) mass is 262 g/mol. The zero-order chi connectivity index (χ0) is 13.8. The van der Waals surface area contributed by atoms with E-state index in [9.17, 15) is 9.59 Å². The Labute approximate surface area is 112 Å². The van der Waals surface area contributed by atoms with Gasteiger partial charge in [-0.25, -0.2) is 4.79 Å². The average Bonchev–Trinajstić information content (AvgIpc) is 2.38. The number of imide groups is 1. The fraction of sp³-hybridized carbons (Fsp3) is 0.429. The summed E-state index contributed by atoms with van der Waals surface area (Å²) in [5.41, 5.74) is 2.24. The first-order valence-corrected chi connectivity index (χ1v) is 6.32. The van der Waals surface area contributed by atoms with Crippen LogP contribution in [-0.4, -0.2) is 37.0 Å². The van der Waals surface area contributed by atoms with E-state index in [0.717, 1.165) is 23.3 Å². The first-order valence-electron chi connectivity index (χ1n) is 6.32. The molecule has 1 aromatic carbocycles. The van der Waals surface area contributed by atoms with Gasteiger partial charge in [0.1, 0.15) is 5.75 Å². The van der Waals surface area contributed by atoms with Crippen molar-refractivity contribution in [3.8, 4) is 5.75 Å². The number of methoxy groups -OCH3 is 1. The lowest BCUT2D eigenvalue weighted by Crippen LogP contribution is -2.49. The third-order valence-corrected chi connectivity index (χ3v) is 3.27. The topological polar surface area (TPSA) is 58.6 Å². The molecule has 5 heteroatoms. The lowest BCUT2D eigenvalue weighted by Gasteiger charge is -2.26. The molecule has 5 nitrogen and oxygen atoms in total. The van der Waals surface area contributed by atoms with Crippen molar-refractivity contribution in [1.29, 1.82) is 0 Å². The molecule has 3 amide bonds. The van der Waals surface area contributed by atoms with Gasteiger partial charge < -0.3 is 9.64 Å². The maximum atomic E-state index is 11.6. The van der Waals surface area contributed by atoms with Crippen molar-refractivity contribution in [2.45, 2.75) is 19.8 Å². The van der Waals surface area contributed by atoms with Gasteiger partial charge in [0.15, 0.2) is 0 Å². The van der Waals surface area contributed by atoms with Crippen LogP contribution in [0.2, 0.25) is 0 Å².